The molecule has 1 fully saturated rings. The molecular weight excluding hydrogens is 397 g/mol. The van der Waals surface area contributed by atoms with Crippen LogP contribution in [0.1, 0.15) is 60.5 Å². The maximum absolute atomic E-state index is 12.0. The average molecular weight is 431 g/mol. The summed E-state index contributed by atoms with van der Waals surface area (Å²) in [7, 11) is 0.870. The number of esters is 1. The zero-order valence-corrected chi connectivity index (χ0v) is 19.8. The Bertz CT molecular complexity index is 794. The van der Waals surface area contributed by atoms with Crippen LogP contribution in [-0.2, 0) is 23.6 Å². The van der Waals surface area contributed by atoms with Crippen LogP contribution in [0.5, 0.6) is 0 Å². The summed E-state index contributed by atoms with van der Waals surface area (Å²) < 4.78 is 22.1. The molecule has 1 aliphatic heterocycles. The molecule has 1 amide bonds. The van der Waals surface area contributed by atoms with Gasteiger partial charge in [0, 0.05) is 0 Å². The first-order chi connectivity index (χ1) is 14.2. The lowest BCUT2D eigenvalue weighted by molar-refractivity contribution is -0.143. The van der Waals surface area contributed by atoms with Crippen LogP contribution in [0.25, 0.3) is 6.08 Å². The van der Waals surface area contributed by atoms with E-state index in [2.05, 4.69) is 5.32 Å². The largest absolute Gasteiger partial charge is 0.494 e. The fraction of sp³-hybridized carbons (Fsp3) is 0.565. The van der Waals surface area contributed by atoms with Gasteiger partial charge in [0.05, 0.1) is 18.3 Å². The molecule has 8 heteroatoms. The number of amides is 1. The highest BCUT2D eigenvalue weighted by Crippen LogP contribution is 2.36. The number of methoxy groups -OCH3 is 1. The summed E-state index contributed by atoms with van der Waals surface area (Å²) in [5.41, 5.74) is 0.455. The van der Waals surface area contributed by atoms with Crippen molar-refractivity contribution in [3.63, 3.8) is 0 Å². The van der Waals surface area contributed by atoms with Crippen molar-refractivity contribution in [2.75, 3.05) is 7.11 Å². The van der Waals surface area contributed by atoms with E-state index in [0.29, 0.717) is 0 Å². The van der Waals surface area contributed by atoms with Crippen molar-refractivity contribution < 1.29 is 28.4 Å². The number of nitrogens with one attached hydrogen (secondary N) is 1. The molecular formula is C23H34BNO6. The highest BCUT2D eigenvalue weighted by molar-refractivity contribution is 6.62. The number of hydrogen-bond donors (Lipinski definition) is 1. The van der Waals surface area contributed by atoms with Gasteiger partial charge in [-0.25, -0.2) is 9.59 Å². The Morgan fingerprint density at radius 3 is 2.13 bits per heavy atom. The molecule has 1 aromatic carbocycles. The lowest BCUT2D eigenvalue weighted by Crippen LogP contribution is -2.43. The Hall–Kier alpha value is -2.32. The Labute approximate surface area is 185 Å². The number of benzene rings is 1. The predicted molar refractivity (Wildman–Crippen MR) is 121 cm³/mol. The van der Waals surface area contributed by atoms with Crippen LogP contribution in [0.2, 0.25) is 0 Å². The lowest BCUT2D eigenvalue weighted by atomic mass is 9.79. The number of alkyl carbamates (subject to hydrolysis) is 1. The van der Waals surface area contributed by atoms with Crippen molar-refractivity contribution in [2.24, 2.45) is 0 Å². The van der Waals surface area contributed by atoms with E-state index in [1.165, 1.54) is 7.11 Å². The van der Waals surface area contributed by atoms with E-state index < -0.39 is 30.8 Å². The molecule has 0 radical (unpaired) electrons. The van der Waals surface area contributed by atoms with Gasteiger partial charge >= 0.3 is 19.2 Å². The van der Waals surface area contributed by atoms with Crippen LogP contribution in [-0.4, -0.2) is 49.1 Å². The van der Waals surface area contributed by atoms with Crippen LogP contribution in [0.4, 0.5) is 4.79 Å². The molecule has 1 N–H and O–H groups in total. The van der Waals surface area contributed by atoms with Gasteiger partial charge in [-0.15, -0.1) is 0 Å². The van der Waals surface area contributed by atoms with Gasteiger partial charge in [-0.2, -0.15) is 0 Å². The summed E-state index contributed by atoms with van der Waals surface area (Å²) in [5.74, 6) is -0.536. The minimum Gasteiger partial charge on any atom is -0.467 e. The normalized spacial score (nSPS) is 18.6. The molecule has 0 bridgehead atoms. The van der Waals surface area contributed by atoms with Crippen molar-refractivity contribution in [2.45, 2.75) is 77.7 Å². The fourth-order valence-corrected chi connectivity index (χ4v) is 2.89. The maximum atomic E-state index is 12.0. The topological polar surface area (TPSA) is 83.1 Å². The highest BCUT2D eigenvalue weighted by Gasteiger charge is 2.51. The first-order valence-corrected chi connectivity index (χ1v) is 10.4. The van der Waals surface area contributed by atoms with Crippen molar-refractivity contribution in [3.8, 4) is 0 Å². The van der Waals surface area contributed by atoms with E-state index in [-0.39, 0.29) is 17.6 Å². The smallest absolute Gasteiger partial charge is 0.467 e. The molecule has 1 atom stereocenters. The summed E-state index contributed by atoms with van der Waals surface area (Å²) in [5, 5.41) is 2.55. The molecule has 0 unspecified atom stereocenters. The van der Waals surface area contributed by atoms with Crippen molar-refractivity contribution >= 4 is 30.7 Å². The highest BCUT2D eigenvalue weighted by atomic mass is 16.7. The van der Waals surface area contributed by atoms with Crippen LogP contribution >= 0.6 is 0 Å². The molecule has 0 saturated carbocycles. The molecule has 1 saturated heterocycles. The SMILES string of the molecule is COC(=O)[C@H](C/C=C/c1ccc(B2OC(C)(C)C(C)(C)O2)cc1)NC(=O)OC(C)(C)C. The van der Waals surface area contributed by atoms with Crippen LogP contribution in [0, 0.1) is 0 Å². The zero-order chi connectivity index (χ0) is 23.4. The van der Waals surface area contributed by atoms with Crippen LogP contribution in [0.15, 0.2) is 30.3 Å². The molecule has 0 spiro atoms. The van der Waals surface area contributed by atoms with Crippen molar-refractivity contribution in [3.05, 3.63) is 35.9 Å². The minimum absolute atomic E-state index is 0.269. The summed E-state index contributed by atoms with van der Waals surface area (Å²) in [6, 6.07) is 6.98. The molecule has 0 aliphatic carbocycles. The summed E-state index contributed by atoms with van der Waals surface area (Å²) in [6.07, 6.45) is 3.29. The van der Waals surface area contributed by atoms with Gasteiger partial charge < -0.3 is 24.1 Å². The molecule has 170 valence electrons. The first kappa shape index (κ1) is 24.9. The quantitative estimate of drug-likeness (QED) is 0.549. The molecule has 1 aromatic rings. The number of carbonyl (C=O) groups is 2. The summed E-state index contributed by atoms with van der Waals surface area (Å²) in [6.45, 7) is 13.4. The first-order valence-electron chi connectivity index (χ1n) is 10.4. The zero-order valence-electron chi connectivity index (χ0n) is 19.8. The number of ether oxygens (including phenoxy) is 2. The molecule has 1 heterocycles. The van der Waals surface area contributed by atoms with E-state index >= 15 is 0 Å². The summed E-state index contributed by atoms with van der Waals surface area (Å²) in [4.78, 5) is 24.0. The third-order valence-corrected chi connectivity index (χ3v) is 5.32. The van der Waals surface area contributed by atoms with E-state index in [0.717, 1.165) is 11.0 Å². The van der Waals surface area contributed by atoms with Gasteiger partial charge in [-0.1, -0.05) is 36.4 Å². The van der Waals surface area contributed by atoms with E-state index in [4.69, 9.17) is 18.8 Å². The molecule has 2 rings (SSSR count). The fourth-order valence-electron chi connectivity index (χ4n) is 2.89. The average Bonchev–Trinajstić information content (AvgIpc) is 2.86. The molecule has 0 aromatic heterocycles. The second-order valence-corrected chi connectivity index (χ2v) is 9.61. The Morgan fingerprint density at radius 2 is 1.65 bits per heavy atom. The van der Waals surface area contributed by atoms with Crippen molar-refractivity contribution in [1.29, 1.82) is 0 Å². The monoisotopic (exact) mass is 431 g/mol. The van der Waals surface area contributed by atoms with Crippen molar-refractivity contribution in [1.82, 2.24) is 5.32 Å². The molecule has 7 nitrogen and oxygen atoms in total. The standard InChI is InChI=1S/C23H34BNO6/c1-21(2,3)29-20(27)25-18(19(26)28-8)11-9-10-16-12-14-17(15-13-16)24-30-22(4,5)23(6,7)31-24/h9-10,12-15,18H,11H2,1-8H3,(H,25,27)/b10-9+/t18-/m0/s1. The lowest BCUT2D eigenvalue weighted by Gasteiger charge is -2.32. The van der Waals surface area contributed by atoms with Gasteiger partial charge in [0.1, 0.15) is 11.6 Å². The maximum Gasteiger partial charge on any atom is 0.494 e. The predicted octanol–water partition coefficient (Wildman–Crippen LogP) is 3.46. The number of carbonyl (C=O) groups excluding carboxylic acids is 2. The second kappa shape index (κ2) is 9.45. The number of hydrogen-bond acceptors (Lipinski definition) is 6. The van der Waals surface area contributed by atoms with Crippen LogP contribution in [0.3, 0.4) is 0 Å². The Morgan fingerprint density at radius 1 is 1.10 bits per heavy atom. The number of rotatable bonds is 6. The minimum atomic E-state index is -0.833. The van der Waals surface area contributed by atoms with Gasteiger partial charge in [0.25, 0.3) is 0 Å². The Kier molecular flexibility index (Phi) is 7.60. The van der Waals surface area contributed by atoms with E-state index in [9.17, 15) is 9.59 Å². The third-order valence-electron chi connectivity index (χ3n) is 5.32. The van der Waals surface area contributed by atoms with Gasteiger partial charge in [-0.05, 0) is 65.9 Å². The third kappa shape index (κ3) is 6.84. The summed E-state index contributed by atoms with van der Waals surface area (Å²) >= 11 is 0. The van der Waals surface area contributed by atoms with E-state index in [1.54, 1.807) is 20.8 Å². The van der Waals surface area contributed by atoms with Crippen LogP contribution < -0.4 is 10.8 Å². The second-order valence-electron chi connectivity index (χ2n) is 9.61. The van der Waals surface area contributed by atoms with Gasteiger partial charge in [0.2, 0.25) is 0 Å². The molecule has 1 aliphatic rings. The Balaban J connectivity index is 1.99. The molecule has 31 heavy (non-hydrogen) atoms. The van der Waals surface area contributed by atoms with E-state index in [1.807, 2.05) is 64.1 Å². The van der Waals surface area contributed by atoms with Gasteiger partial charge in [0.15, 0.2) is 0 Å². The van der Waals surface area contributed by atoms with Gasteiger partial charge in [-0.3, -0.25) is 0 Å².